The van der Waals surface area contributed by atoms with Gasteiger partial charge in [-0.3, -0.25) is 4.79 Å². The van der Waals surface area contributed by atoms with Crippen LogP contribution in [-0.2, 0) is 4.79 Å². The highest BCUT2D eigenvalue weighted by Crippen LogP contribution is 2.55. The number of rotatable bonds is 12. The van der Waals surface area contributed by atoms with E-state index >= 15 is 0 Å². The number of carboxylic acids is 1. The molecule has 1 N–H and O–H groups in total. The van der Waals surface area contributed by atoms with E-state index in [9.17, 15) is 9.90 Å². The molecule has 0 radical (unpaired) electrons. The zero-order chi connectivity index (χ0) is 21.4. The van der Waals surface area contributed by atoms with Crippen LogP contribution in [0.2, 0.25) is 0 Å². The predicted molar refractivity (Wildman–Crippen MR) is 119 cm³/mol. The smallest absolute Gasteiger partial charge is 0.303 e. The number of hydrogen-bond acceptors (Lipinski definition) is 2. The van der Waals surface area contributed by atoms with Crippen molar-refractivity contribution in [3.05, 3.63) is 12.2 Å². The molecule has 0 heterocycles. The summed E-state index contributed by atoms with van der Waals surface area (Å²) in [5, 5.41) is 18.3. The van der Waals surface area contributed by atoms with Gasteiger partial charge in [0.1, 0.15) is 0 Å². The molecule has 2 saturated carbocycles. The van der Waals surface area contributed by atoms with Crippen LogP contribution in [0.1, 0.15) is 97.8 Å². The molecule has 0 aliphatic heterocycles. The van der Waals surface area contributed by atoms with Crippen LogP contribution in [0.3, 0.4) is 0 Å². The van der Waals surface area contributed by atoms with Crippen LogP contribution in [-0.4, -0.2) is 11.1 Å². The molecule has 3 nitrogen and oxygen atoms in total. The quantitative estimate of drug-likeness (QED) is 0.277. The Morgan fingerprint density at radius 1 is 1.07 bits per heavy atom. The van der Waals surface area contributed by atoms with Crippen molar-refractivity contribution in [2.45, 2.75) is 97.8 Å². The van der Waals surface area contributed by atoms with Crippen LogP contribution in [0.4, 0.5) is 0 Å². The van der Waals surface area contributed by atoms with Crippen LogP contribution < -0.4 is 0 Å². The summed E-state index contributed by atoms with van der Waals surface area (Å²) in [6.45, 7) is 11.4. The molecular weight excluding hydrogens is 358 g/mol. The number of carboxylic acid groups (broad SMARTS) is 1. The van der Waals surface area contributed by atoms with Crippen molar-refractivity contribution in [1.29, 1.82) is 5.26 Å². The van der Waals surface area contributed by atoms with Crippen LogP contribution in [0, 0.1) is 52.8 Å². The molecule has 0 bridgehead atoms. The Balaban J connectivity index is 1.99. The lowest BCUT2D eigenvalue weighted by atomic mass is 9.62. The van der Waals surface area contributed by atoms with Gasteiger partial charge in [-0.15, -0.1) is 0 Å². The first kappa shape index (κ1) is 24.0. The monoisotopic (exact) mass is 401 g/mol. The molecule has 164 valence electrons. The van der Waals surface area contributed by atoms with Gasteiger partial charge in [0.05, 0.1) is 6.07 Å². The number of allylic oxidation sites excluding steroid dienone is 1. The van der Waals surface area contributed by atoms with E-state index in [1.807, 2.05) is 0 Å². The fraction of sp³-hybridized carbons (Fsp3) is 0.846. The van der Waals surface area contributed by atoms with Gasteiger partial charge >= 0.3 is 5.97 Å². The van der Waals surface area contributed by atoms with Gasteiger partial charge in [-0.25, -0.2) is 0 Å². The van der Waals surface area contributed by atoms with Crippen molar-refractivity contribution >= 4 is 5.97 Å². The lowest BCUT2D eigenvalue weighted by Crippen LogP contribution is -2.37. The molecule has 0 aromatic rings. The summed E-state index contributed by atoms with van der Waals surface area (Å²) in [5.74, 6) is 3.61. The normalized spacial score (nSPS) is 30.0. The molecule has 0 spiro atoms. The fourth-order valence-electron chi connectivity index (χ4n) is 6.49. The first-order chi connectivity index (χ1) is 13.8. The van der Waals surface area contributed by atoms with Crippen molar-refractivity contribution < 1.29 is 9.90 Å². The Kier molecular flexibility index (Phi) is 9.73. The minimum atomic E-state index is -0.647. The average molecular weight is 402 g/mol. The van der Waals surface area contributed by atoms with E-state index in [1.165, 1.54) is 44.1 Å². The Morgan fingerprint density at radius 3 is 2.45 bits per heavy atom. The topological polar surface area (TPSA) is 61.1 Å². The summed E-state index contributed by atoms with van der Waals surface area (Å²) in [5.41, 5.74) is 1.25. The van der Waals surface area contributed by atoms with Crippen molar-refractivity contribution in [1.82, 2.24) is 0 Å². The third-order valence-electron chi connectivity index (χ3n) is 7.95. The molecule has 2 fully saturated rings. The van der Waals surface area contributed by atoms with Gasteiger partial charge in [0.2, 0.25) is 0 Å². The number of carbonyl (C=O) groups is 1. The molecule has 29 heavy (non-hydrogen) atoms. The minimum absolute atomic E-state index is 0.266. The van der Waals surface area contributed by atoms with E-state index in [2.05, 4.69) is 33.4 Å². The molecule has 0 saturated heterocycles. The second-order valence-electron chi connectivity index (χ2n) is 10.3. The second-order valence-corrected chi connectivity index (χ2v) is 10.3. The van der Waals surface area contributed by atoms with Gasteiger partial charge < -0.3 is 5.11 Å². The van der Waals surface area contributed by atoms with Crippen molar-refractivity contribution in [3.8, 4) is 6.07 Å². The largest absolute Gasteiger partial charge is 0.481 e. The highest BCUT2D eigenvalue weighted by molar-refractivity contribution is 5.67. The highest BCUT2D eigenvalue weighted by Gasteiger charge is 2.48. The number of unbranched alkanes of at least 4 members (excludes halogenated alkanes) is 2. The first-order valence-corrected chi connectivity index (χ1v) is 12.1. The molecule has 2 unspecified atom stereocenters. The molecule has 2 aliphatic rings. The summed E-state index contributed by atoms with van der Waals surface area (Å²) in [6.07, 6.45) is 12.6. The number of aliphatic carboxylic acids is 1. The van der Waals surface area contributed by atoms with Crippen LogP contribution in [0.5, 0.6) is 0 Å². The second kappa shape index (κ2) is 11.8. The lowest BCUT2D eigenvalue weighted by Gasteiger charge is -2.43. The molecule has 3 heteroatoms. The third-order valence-corrected chi connectivity index (χ3v) is 7.95. The average Bonchev–Trinajstić information content (AvgIpc) is 3.09. The third kappa shape index (κ3) is 6.87. The molecule has 2 aliphatic carbocycles. The Labute approximate surface area is 179 Å². The number of nitrogens with zero attached hydrogens (tertiary/aromatic N) is 1. The molecule has 0 amide bonds. The Morgan fingerprint density at radius 2 is 1.79 bits per heavy atom. The first-order valence-electron chi connectivity index (χ1n) is 12.1. The lowest BCUT2D eigenvalue weighted by molar-refractivity contribution is -0.139. The van der Waals surface area contributed by atoms with Crippen molar-refractivity contribution in [2.75, 3.05) is 0 Å². The van der Waals surface area contributed by atoms with Gasteiger partial charge in [-0.2, -0.15) is 5.26 Å². The summed E-state index contributed by atoms with van der Waals surface area (Å²) in [4.78, 5) is 11.7. The van der Waals surface area contributed by atoms with Crippen LogP contribution in [0.25, 0.3) is 0 Å². The fourth-order valence-corrected chi connectivity index (χ4v) is 6.49. The van der Waals surface area contributed by atoms with E-state index < -0.39 is 5.97 Å². The SMILES string of the molecule is C=C(CCCCC#N)[C@H]1CCC2[C@@H](C(C)CCCC(C)C)CC[C@H]2[C@@H]1CC(=O)O. The van der Waals surface area contributed by atoms with Gasteiger partial charge in [0.15, 0.2) is 0 Å². The molecule has 0 aromatic carbocycles. The number of hydrogen-bond donors (Lipinski definition) is 1. The number of nitriles is 1. The van der Waals surface area contributed by atoms with Crippen LogP contribution >= 0.6 is 0 Å². The van der Waals surface area contributed by atoms with Crippen molar-refractivity contribution in [3.63, 3.8) is 0 Å². The van der Waals surface area contributed by atoms with Crippen molar-refractivity contribution in [2.24, 2.45) is 41.4 Å². The minimum Gasteiger partial charge on any atom is -0.481 e. The molecule has 6 atom stereocenters. The number of fused-ring (bicyclic) bond motifs is 1. The Hall–Kier alpha value is -1.30. The van der Waals surface area contributed by atoms with E-state index in [4.69, 9.17) is 5.26 Å². The van der Waals surface area contributed by atoms with E-state index in [0.29, 0.717) is 24.7 Å². The highest BCUT2D eigenvalue weighted by atomic mass is 16.4. The summed E-state index contributed by atoms with van der Waals surface area (Å²) in [6, 6.07) is 2.21. The summed E-state index contributed by atoms with van der Waals surface area (Å²) < 4.78 is 0. The zero-order valence-electron chi connectivity index (χ0n) is 19.0. The maximum absolute atomic E-state index is 11.7. The Bertz CT molecular complexity index is 576. The van der Waals surface area contributed by atoms with Gasteiger partial charge in [-0.05, 0) is 86.4 Å². The molecule has 0 aromatic heterocycles. The standard InChI is InChI=1S/C26H43NO2/c1-18(2)9-8-11-20(4)21-12-15-24-23(21)14-13-22(25(24)17-26(28)29)19(3)10-6-5-7-16-27/h18,20-25H,3,5-15,17H2,1-2,4H3,(H,28,29)/t20?,21-,22-,23?,24-,25-/m1/s1. The van der Waals surface area contributed by atoms with Gasteiger partial charge in [-0.1, -0.05) is 52.2 Å². The molecule has 2 rings (SSSR count). The van der Waals surface area contributed by atoms with Gasteiger partial charge in [0.25, 0.3) is 0 Å². The molecular formula is C26H43NO2. The van der Waals surface area contributed by atoms with Gasteiger partial charge in [0, 0.05) is 12.8 Å². The van der Waals surface area contributed by atoms with Crippen LogP contribution in [0.15, 0.2) is 12.2 Å². The maximum Gasteiger partial charge on any atom is 0.303 e. The zero-order valence-corrected chi connectivity index (χ0v) is 19.0. The van der Waals surface area contributed by atoms with E-state index in [1.54, 1.807) is 0 Å². The summed E-state index contributed by atoms with van der Waals surface area (Å²) in [7, 11) is 0. The summed E-state index contributed by atoms with van der Waals surface area (Å²) >= 11 is 0. The van der Waals surface area contributed by atoms with E-state index in [0.717, 1.165) is 49.4 Å². The predicted octanol–water partition coefficient (Wildman–Crippen LogP) is 7.23. The van der Waals surface area contributed by atoms with E-state index in [-0.39, 0.29) is 5.92 Å². The maximum atomic E-state index is 11.7.